The van der Waals surface area contributed by atoms with Crippen LogP contribution in [0.2, 0.25) is 0 Å². The summed E-state index contributed by atoms with van der Waals surface area (Å²) in [6.07, 6.45) is 15.0. The molecule has 0 aliphatic heterocycles. The molecule has 0 radical (unpaired) electrons. The number of fused-ring (bicyclic) bond motifs is 7. The van der Waals surface area contributed by atoms with Crippen LogP contribution in [0, 0.1) is 61.6 Å². The second kappa shape index (κ2) is 8.02. The number of ketones is 2. The maximum atomic E-state index is 14.6. The van der Waals surface area contributed by atoms with Crippen LogP contribution in [0.5, 0.6) is 0 Å². The van der Waals surface area contributed by atoms with E-state index in [1.165, 1.54) is 12.0 Å². The number of allylic oxidation sites excluding steroid dienone is 4. The van der Waals surface area contributed by atoms with Gasteiger partial charge in [-0.25, -0.2) is 0 Å². The maximum absolute atomic E-state index is 14.6. The normalized spacial score (nSPS) is 44.1. The van der Waals surface area contributed by atoms with Crippen LogP contribution in [0.1, 0.15) is 93.4 Å². The van der Waals surface area contributed by atoms with Gasteiger partial charge in [-0.05, 0) is 84.5 Å². The van der Waals surface area contributed by atoms with Gasteiger partial charge in [-0.15, -0.1) is 10.2 Å². The molecule has 0 spiro atoms. The van der Waals surface area contributed by atoms with E-state index in [0.29, 0.717) is 5.92 Å². The molecule has 1 aromatic heterocycles. The largest absolute Gasteiger partial charge is 0.320 e. The maximum Gasteiger partial charge on any atom is 0.178 e. The Hall–Kier alpha value is -2.55. The first-order valence-corrected chi connectivity index (χ1v) is 14.9. The van der Waals surface area contributed by atoms with E-state index in [-0.39, 0.29) is 50.6 Å². The summed E-state index contributed by atoms with van der Waals surface area (Å²) in [5.41, 5.74) is 0.227. The number of carbonyl (C=O) groups excluding carboxylic acids is 2. The summed E-state index contributed by atoms with van der Waals surface area (Å²) in [6, 6.07) is 2.21. The molecule has 0 N–H and O–H groups in total. The van der Waals surface area contributed by atoms with Crippen LogP contribution in [-0.4, -0.2) is 26.3 Å². The number of nitrogens with zero attached hydrogens (tertiary/aromatic N) is 4. The van der Waals surface area contributed by atoms with Gasteiger partial charge in [0.2, 0.25) is 0 Å². The van der Waals surface area contributed by atoms with Gasteiger partial charge in [0.15, 0.2) is 11.6 Å². The molecule has 3 saturated carbocycles. The van der Waals surface area contributed by atoms with Gasteiger partial charge in [-0.1, -0.05) is 60.1 Å². The molecule has 0 aromatic carbocycles. The predicted octanol–water partition coefficient (Wildman–Crippen LogP) is 6.50. The second-order valence-electron chi connectivity index (χ2n) is 15.8. The van der Waals surface area contributed by atoms with E-state index in [1.54, 1.807) is 0 Å². The number of Topliss-reactive ketones (excluding diaryl/α,β-unsaturated/α-hetero) is 1. The number of hydrogen-bond donors (Lipinski definition) is 0. The van der Waals surface area contributed by atoms with Crippen LogP contribution in [-0.2, 0) is 16.1 Å². The van der Waals surface area contributed by atoms with E-state index in [4.69, 9.17) is 0 Å². The van der Waals surface area contributed by atoms with Gasteiger partial charge < -0.3 is 4.57 Å². The van der Waals surface area contributed by atoms with Gasteiger partial charge in [0.25, 0.3) is 0 Å². The minimum absolute atomic E-state index is 0.0335. The second-order valence-corrected chi connectivity index (χ2v) is 15.8. The number of hydrogen-bond acceptors (Lipinski definition) is 5. The fraction of sp³-hybridized carbons (Fsp3) is 0.727. The van der Waals surface area contributed by atoms with E-state index >= 15 is 0 Å². The molecule has 0 saturated heterocycles. The van der Waals surface area contributed by atoms with Crippen molar-refractivity contribution in [1.82, 2.24) is 14.8 Å². The van der Waals surface area contributed by atoms with Crippen molar-refractivity contribution in [2.75, 3.05) is 0 Å². The molecule has 0 bridgehead atoms. The molecular weight excluding hydrogens is 484 g/mol. The molecule has 6 heteroatoms. The summed E-state index contributed by atoms with van der Waals surface area (Å²) in [6.45, 7) is 16.6. The lowest BCUT2D eigenvalue weighted by atomic mass is 9.34. The third kappa shape index (κ3) is 3.37. The topological polar surface area (TPSA) is 88.6 Å². The highest BCUT2D eigenvalue weighted by Gasteiger charge is 2.69. The van der Waals surface area contributed by atoms with Crippen molar-refractivity contribution in [3.05, 3.63) is 36.0 Å². The van der Waals surface area contributed by atoms with Gasteiger partial charge in [-0.3, -0.25) is 9.59 Å². The quantitative estimate of drug-likeness (QED) is 0.437. The van der Waals surface area contributed by atoms with Crippen LogP contribution in [0.4, 0.5) is 0 Å². The van der Waals surface area contributed by atoms with Crippen LogP contribution < -0.4 is 0 Å². The lowest BCUT2D eigenvalue weighted by Gasteiger charge is -2.69. The van der Waals surface area contributed by atoms with Crippen LogP contribution >= 0.6 is 0 Å². The van der Waals surface area contributed by atoms with Crippen molar-refractivity contribution in [3.63, 3.8) is 0 Å². The predicted molar refractivity (Wildman–Crippen MR) is 149 cm³/mol. The Morgan fingerprint density at radius 2 is 1.64 bits per heavy atom. The van der Waals surface area contributed by atoms with Crippen LogP contribution in [0.3, 0.4) is 0 Å². The SMILES string of the molecule is CC1(C)CC[C@]2(Cn3cnnc3)CC[C@]3(C)[C@H](C(=O)C=C4[C@@]5(C)C=C(C#N)C(=O)C(C)(C)[C@@H]5CC[C@]43C)[C@@H]2C1. The zero-order valence-corrected chi connectivity index (χ0v) is 24.8. The Morgan fingerprint density at radius 1 is 0.974 bits per heavy atom. The fourth-order valence-corrected chi connectivity index (χ4v) is 10.7. The third-order valence-corrected chi connectivity index (χ3v) is 13.0. The molecule has 208 valence electrons. The molecule has 6 rings (SSSR count). The highest BCUT2D eigenvalue weighted by atomic mass is 16.1. The minimum atomic E-state index is -0.633. The Bertz CT molecular complexity index is 1350. The number of aromatic nitrogens is 3. The van der Waals surface area contributed by atoms with E-state index in [0.717, 1.165) is 45.1 Å². The average molecular weight is 529 g/mol. The first kappa shape index (κ1) is 26.7. The van der Waals surface area contributed by atoms with E-state index in [9.17, 15) is 14.9 Å². The molecule has 5 aliphatic rings. The lowest BCUT2D eigenvalue weighted by molar-refractivity contribution is -0.173. The van der Waals surface area contributed by atoms with Crippen molar-refractivity contribution in [3.8, 4) is 6.07 Å². The molecule has 6 nitrogen and oxygen atoms in total. The Kier molecular flexibility index (Phi) is 5.48. The third-order valence-electron chi connectivity index (χ3n) is 13.0. The fourth-order valence-electron chi connectivity index (χ4n) is 10.7. The molecule has 0 amide bonds. The van der Waals surface area contributed by atoms with Crippen molar-refractivity contribution in [2.24, 2.45) is 50.2 Å². The first-order chi connectivity index (χ1) is 18.1. The van der Waals surface area contributed by atoms with Crippen molar-refractivity contribution in [2.45, 2.75) is 100.0 Å². The van der Waals surface area contributed by atoms with E-state index in [2.05, 4.69) is 55.5 Å². The van der Waals surface area contributed by atoms with Crippen LogP contribution in [0.15, 0.2) is 36.0 Å². The highest BCUT2D eigenvalue weighted by Crippen LogP contribution is 2.74. The molecule has 0 unspecified atom stereocenters. The number of carbonyl (C=O) groups is 2. The van der Waals surface area contributed by atoms with Crippen molar-refractivity contribution >= 4 is 11.6 Å². The van der Waals surface area contributed by atoms with Gasteiger partial charge in [0.05, 0.1) is 5.57 Å². The van der Waals surface area contributed by atoms with E-state index in [1.807, 2.05) is 38.7 Å². The molecule has 7 atom stereocenters. The zero-order chi connectivity index (χ0) is 28.2. The molecule has 1 aromatic rings. The lowest BCUT2D eigenvalue weighted by Crippen LogP contribution is -2.65. The minimum Gasteiger partial charge on any atom is -0.320 e. The zero-order valence-electron chi connectivity index (χ0n) is 24.8. The Balaban J connectivity index is 1.50. The first-order valence-electron chi connectivity index (χ1n) is 14.9. The highest BCUT2D eigenvalue weighted by molar-refractivity contribution is 6.04. The summed E-state index contributed by atoms with van der Waals surface area (Å²) in [7, 11) is 0. The van der Waals surface area contributed by atoms with Gasteiger partial charge in [0, 0.05) is 23.3 Å². The summed E-state index contributed by atoms with van der Waals surface area (Å²) in [4.78, 5) is 27.8. The molecule has 3 fully saturated rings. The Morgan fingerprint density at radius 3 is 2.31 bits per heavy atom. The average Bonchev–Trinajstić information content (AvgIpc) is 3.36. The molecule has 5 aliphatic carbocycles. The van der Waals surface area contributed by atoms with Crippen molar-refractivity contribution in [1.29, 1.82) is 5.26 Å². The monoisotopic (exact) mass is 528 g/mol. The number of rotatable bonds is 2. The summed E-state index contributed by atoms with van der Waals surface area (Å²) >= 11 is 0. The molecule has 39 heavy (non-hydrogen) atoms. The standard InChI is InChI=1S/C33H44N4O2/c1-28(2)10-12-33(18-37-19-35-36-20-37)13-11-32(7)26(22(33)16-28)23(38)14-25-30(5)15-21(17-34)27(39)29(3,4)24(30)8-9-31(25,32)6/h14-15,19-20,22,24,26H,8-13,16,18H2,1-7H3/t22-,24-,26-,30-,31+,32+,33+/m0/s1. The number of nitriles is 1. The summed E-state index contributed by atoms with van der Waals surface area (Å²) in [5.74, 6) is 0.554. The van der Waals surface area contributed by atoms with Gasteiger partial charge >= 0.3 is 0 Å². The van der Waals surface area contributed by atoms with Crippen LogP contribution in [0.25, 0.3) is 0 Å². The van der Waals surface area contributed by atoms with Crippen molar-refractivity contribution < 1.29 is 9.59 Å². The summed E-state index contributed by atoms with van der Waals surface area (Å²) in [5, 5.41) is 18.1. The van der Waals surface area contributed by atoms with Gasteiger partial charge in [-0.2, -0.15) is 5.26 Å². The molecular formula is C33H44N4O2. The summed E-state index contributed by atoms with van der Waals surface area (Å²) < 4.78 is 2.13. The van der Waals surface area contributed by atoms with E-state index < -0.39 is 10.8 Å². The van der Waals surface area contributed by atoms with Gasteiger partial charge in [0.1, 0.15) is 18.7 Å². The Labute approximate surface area is 233 Å². The smallest absolute Gasteiger partial charge is 0.178 e. The molecule has 1 heterocycles.